The van der Waals surface area contributed by atoms with Crippen molar-refractivity contribution in [2.75, 3.05) is 13.1 Å². The van der Waals surface area contributed by atoms with Crippen molar-refractivity contribution in [3.8, 4) is 0 Å². The fourth-order valence-corrected chi connectivity index (χ4v) is 1.97. The monoisotopic (exact) mass is 303 g/mol. The summed E-state index contributed by atoms with van der Waals surface area (Å²) in [6, 6.07) is 0. The van der Waals surface area contributed by atoms with Crippen LogP contribution >= 0.6 is 34.8 Å². The average molecular weight is 305 g/mol. The Morgan fingerprint density at radius 3 is 2.24 bits per heavy atom. The summed E-state index contributed by atoms with van der Waals surface area (Å²) in [5.74, 6) is 0. The van der Waals surface area contributed by atoms with E-state index in [-0.39, 0.29) is 13.0 Å². The fourth-order valence-electron chi connectivity index (χ4n) is 1.51. The smallest absolute Gasteiger partial charge is 0.410 e. The SMILES string of the molecule is CC(C)(C)OC(=O)N1CCC(O)(C(Cl)(Cl)Cl)C1. The van der Waals surface area contributed by atoms with Crippen LogP contribution < -0.4 is 0 Å². The minimum atomic E-state index is -1.82. The zero-order valence-corrected chi connectivity index (χ0v) is 12.2. The zero-order chi connectivity index (χ0) is 13.5. The van der Waals surface area contributed by atoms with Crippen LogP contribution in [0.25, 0.3) is 0 Å². The Morgan fingerprint density at radius 2 is 1.88 bits per heavy atom. The number of likely N-dealkylation sites (tertiary alicyclic amines) is 1. The number of ether oxygens (including phenoxy) is 1. The van der Waals surface area contributed by atoms with Crippen LogP contribution in [-0.4, -0.2) is 44.2 Å². The van der Waals surface area contributed by atoms with Crippen LogP contribution in [0.3, 0.4) is 0 Å². The van der Waals surface area contributed by atoms with Crippen molar-refractivity contribution in [2.45, 2.75) is 42.2 Å². The van der Waals surface area contributed by atoms with E-state index in [0.29, 0.717) is 6.54 Å². The van der Waals surface area contributed by atoms with Crippen LogP contribution in [-0.2, 0) is 4.74 Å². The number of rotatable bonds is 0. The molecule has 1 atom stereocenters. The number of hydrogen-bond acceptors (Lipinski definition) is 3. The molecule has 1 heterocycles. The van der Waals surface area contributed by atoms with E-state index in [4.69, 9.17) is 39.5 Å². The van der Waals surface area contributed by atoms with Gasteiger partial charge in [0.2, 0.25) is 3.79 Å². The van der Waals surface area contributed by atoms with Gasteiger partial charge in [0.25, 0.3) is 0 Å². The van der Waals surface area contributed by atoms with E-state index in [2.05, 4.69) is 0 Å². The molecule has 7 heteroatoms. The number of halogens is 3. The van der Waals surface area contributed by atoms with Gasteiger partial charge < -0.3 is 14.7 Å². The minimum absolute atomic E-state index is 0.0432. The summed E-state index contributed by atoms with van der Waals surface area (Å²) in [7, 11) is 0. The maximum absolute atomic E-state index is 11.7. The Balaban J connectivity index is 2.65. The second-order valence-corrected chi connectivity index (χ2v) is 7.46. The molecule has 0 aliphatic carbocycles. The number of alkyl halides is 3. The molecule has 0 spiro atoms. The highest BCUT2D eigenvalue weighted by Crippen LogP contribution is 2.43. The van der Waals surface area contributed by atoms with Crippen molar-refractivity contribution in [2.24, 2.45) is 0 Å². The van der Waals surface area contributed by atoms with E-state index in [1.807, 2.05) is 0 Å². The summed E-state index contributed by atoms with van der Waals surface area (Å²) in [5, 5.41) is 10.1. The molecule has 17 heavy (non-hydrogen) atoms. The average Bonchev–Trinajstić information content (AvgIpc) is 2.44. The molecule has 4 nitrogen and oxygen atoms in total. The summed E-state index contributed by atoms with van der Waals surface area (Å²) < 4.78 is 3.36. The molecule has 0 aromatic rings. The first-order valence-corrected chi connectivity index (χ1v) is 6.35. The van der Waals surface area contributed by atoms with Crippen LogP contribution in [0, 0.1) is 0 Å². The summed E-state index contributed by atoms with van der Waals surface area (Å²) in [6.07, 6.45) is -0.300. The van der Waals surface area contributed by atoms with Crippen molar-refractivity contribution >= 4 is 40.9 Å². The van der Waals surface area contributed by atoms with E-state index in [1.165, 1.54) is 4.90 Å². The number of carbonyl (C=O) groups excluding carboxylic acids is 1. The number of β-amino-alcohol motifs (C(OH)–C–C–N with tert-alkyl or cyclic N) is 1. The third-order valence-electron chi connectivity index (χ3n) is 2.43. The second kappa shape index (κ2) is 4.65. The van der Waals surface area contributed by atoms with Crippen molar-refractivity contribution in [3.05, 3.63) is 0 Å². The topological polar surface area (TPSA) is 49.8 Å². The molecule has 1 unspecified atom stereocenters. The third-order valence-corrected chi connectivity index (χ3v) is 3.48. The lowest BCUT2D eigenvalue weighted by molar-refractivity contribution is 0.0162. The molecule has 1 saturated heterocycles. The molecule has 1 aliphatic rings. The first-order valence-electron chi connectivity index (χ1n) is 5.22. The lowest BCUT2D eigenvalue weighted by atomic mass is 10.1. The van der Waals surface area contributed by atoms with E-state index < -0.39 is 21.1 Å². The van der Waals surface area contributed by atoms with Gasteiger partial charge in [-0.1, -0.05) is 34.8 Å². The summed E-state index contributed by atoms with van der Waals surface area (Å²) in [6.45, 7) is 5.56. The number of nitrogens with zero attached hydrogens (tertiary/aromatic N) is 1. The Hall–Kier alpha value is 0.1000. The number of hydrogen-bond donors (Lipinski definition) is 1. The Kier molecular flexibility index (Phi) is 4.15. The lowest BCUT2D eigenvalue weighted by Crippen LogP contribution is -2.46. The normalized spacial score (nSPS) is 26.2. The van der Waals surface area contributed by atoms with Gasteiger partial charge in [0.05, 0.1) is 6.54 Å². The van der Waals surface area contributed by atoms with E-state index in [0.717, 1.165) is 0 Å². The Morgan fingerprint density at radius 1 is 1.35 bits per heavy atom. The third kappa shape index (κ3) is 3.78. The predicted molar refractivity (Wildman–Crippen MR) is 67.7 cm³/mol. The molecule has 1 rings (SSSR count). The molecular formula is C10H16Cl3NO3. The maximum Gasteiger partial charge on any atom is 0.410 e. The van der Waals surface area contributed by atoms with Crippen LogP contribution in [0.1, 0.15) is 27.2 Å². The van der Waals surface area contributed by atoms with Crippen LogP contribution in [0.15, 0.2) is 0 Å². The summed E-state index contributed by atoms with van der Waals surface area (Å²) in [5.41, 5.74) is -2.10. The van der Waals surface area contributed by atoms with E-state index >= 15 is 0 Å². The lowest BCUT2D eigenvalue weighted by Gasteiger charge is -2.30. The largest absolute Gasteiger partial charge is 0.444 e. The van der Waals surface area contributed by atoms with Crippen molar-refractivity contribution < 1.29 is 14.6 Å². The van der Waals surface area contributed by atoms with Gasteiger partial charge >= 0.3 is 6.09 Å². The molecule has 100 valence electrons. The minimum Gasteiger partial charge on any atom is -0.444 e. The van der Waals surface area contributed by atoms with E-state index in [9.17, 15) is 9.90 Å². The zero-order valence-electron chi connectivity index (χ0n) is 9.97. The molecule has 0 radical (unpaired) electrons. The predicted octanol–water partition coefficient (Wildman–Crippen LogP) is 2.73. The molecule has 0 bridgehead atoms. The van der Waals surface area contributed by atoms with Gasteiger partial charge in [-0.05, 0) is 27.2 Å². The van der Waals surface area contributed by atoms with Gasteiger partial charge in [-0.15, -0.1) is 0 Å². The van der Waals surface area contributed by atoms with Gasteiger partial charge in [-0.25, -0.2) is 4.79 Å². The summed E-state index contributed by atoms with van der Waals surface area (Å²) in [4.78, 5) is 13.1. The molecule has 1 amide bonds. The van der Waals surface area contributed by atoms with Crippen molar-refractivity contribution in [1.82, 2.24) is 4.90 Å². The molecule has 0 aromatic carbocycles. The van der Waals surface area contributed by atoms with Crippen molar-refractivity contribution in [1.29, 1.82) is 0 Å². The van der Waals surface area contributed by atoms with Crippen LogP contribution in [0.2, 0.25) is 0 Å². The first kappa shape index (κ1) is 15.2. The van der Waals surface area contributed by atoms with Gasteiger partial charge in [-0.3, -0.25) is 0 Å². The quantitative estimate of drug-likeness (QED) is 0.700. The highest BCUT2D eigenvalue weighted by Gasteiger charge is 2.52. The fraction of sp³-hybridized carbons (Fsp3) is 0.900. The molecule has 1 fully saturated rings. The summed E-state index contributed by atoms with van der Waals surface area (Å²) >= 11 is 17.1. The van der Waals surface area contributed by atoms with Gasteiger partial charge in [-0.2, -0.15) is 0 Å². The van der Waals surface area contributed by atoms with Crippen LogP contribution in [0.5, 0.6) is 0 Å². The van der Waals surface area contributed by atoms with Crippen LogP contribution in [0.4, 0.5) is 4.79 Å². The second-order valence-electron chi connectivity index (χ2n) is 5.18. The molecule has 0 aromatic heterocycles. The van der Waals surface area contributed by atoms with Gasteiger partial charge in [0, 0.05) is 6.54 Å². The molecular weight excluding hydrogens is 288 g/mol. The molecule has 0 saturated carbocycles. The molecule has 1 N–H and O–H groups in total. The maximum atomic E-state index is 11.7. The standard InChI is InChI=1S/C10H16Cl3NO3/c1-8(2,3)17-7(15)14-5-4-9(16,6-14)10(11,12)13/h16H,4-6H2,1-3H3. The van der Waals surface area contributed by atoms with Gasteiger partial charge in [0.15, 0.2) is 0 Å². The number of amides is 1. The highest BCUT2D eigenvalue weighted by molar-refractivity contribution is 6.68. The Labute approximate surface area is 116 Å². The van der Waals surface area contributed by atoms with Gasteiger partial charge in [0.1, 0.15) is 11.2 Å². The first-order chi connectivity index (χ1) is 7.45. The Bertz CT molecular complexity index is 311. The van der Waals surface area contributed by atoms with Crippen molar-refractivity contribution in [3.63, 3.8) is 0 Å². The highest BCUT2D eigenvalue weighted by atomic mass is 35.6. The van der Waals surface area contributed by atoms with E-state index in [1.54, 1.807) is 20.8 Å². The number of carbonyl (C=O) groups is 1. The number of aliphatic hydroxyl groups is 1. The molecule has 1 aliphatic heterocycles.